The highest BCUT2D eigenvalue weighted by Crippen LogP contribution is 2.40. The minimum atomic E-state index is -2.94. The van der Waals surface area contributed by atoms with Gasteiger partial charge in [0.15, 0.2) is 0 Å². The second-order valence-corrected chi connectivity index (χ2v) is 8.60. The van der Waals surface area contributed by atoms with Crippen LogP contribution in [0.15, 0.2) is 18.2 Å². The Hall–Kier alpha value is -1.89. The minimum absolute atomic E-state index is 0.202. The Kier molecular flexibility index (Phi) is 3.71. The zero-order valence-corrected chi connectivity index (χ0v) is 14.2. The van der Waals surface area contributed by atoms with Crippen molar-refractivity contribution in [1.29, 1.82) is 0 Å². The van der Waals surface area contributed by atoms with Gasteiger partial charge in [-0.25, -0.2) is 13.4 Å². The molecule has 2 aromatic heterocycles. The lowest BCUT2D eigenvalue weighted by molar-refractivity contribution is 0.0995. The molecule has 6 nitrogen and oxygen atoms in total. The van der Waals surface area contributed by atoms with E-state index in [1.165, 1.54) is 0 Å². The number of amides is 1. The highest BCUT2D eigenvalue weighted by atomic mass is 32.2. The van der Waals surface area contributed by atoms with Crippen LogP contribution < -0.4 is 5.73 Å². The van der Waals surface area contributed by atoms with Gasteiger partial charge in [0.25, 0.3) is 5.91 Å². The first-order chi connectivity index (χ1) is 10.8. The summed E-state index contributed by atoms with van der Waals surface area (Å²) in [5.41, 5.74) is 7.87. The number of hydrogen-bond donors (Lipinski definition) is 1. The van der Waals surface area contributed by atoms with E-state index in [2.05, 4.69) is 11.9 Å². The summed E-state index contributed by atoms with van der Waals surface area (Å²) in [7, 11) is -2.94. The summed E-state index contributed by atoms with van der Waals surface area (Å²) in [5.74, 6) is -0.143. The van der Waals surface area contributed by atoms with Gasteiger partial charge in [0.1, 0.15) is 21.2 Å². The zero-order valence-electron chi connectivity index (χ0n) is 13.4. The van der Waals surface area contributed by atoms with Crippen LogP contribution >= 0.6 is 0 Å². The van der Waals surface area contributed by atoms with Crippen molar-refractivity contribution in [1.82, 2.24) is 9.38 Å². The third-order valence-corrected chi connectivity index (χ3v) is 6.76. The monoisotopic (exact) mass is 335 g/mol. The number of carbonyl (C=O) groups excluding carboxylic acids is 1. The maximum Gasteiger partial charge on any atom is 0.269 e. The SMILES string of the molecule is CCC1(c2cccc3nc(C(N)=O)c(C)n23)CCS(=O)(=O)CC1. The van der Waals surface area contributed by atoms with Crippen LogP contribution in [0.3, 0.4) is 0 Å². The second kappa shape index (κ2) is 5.33. The van der Waals surface area contributed by atoms with Crippen molar-refractivity contribution in [3.8, 4) is 0 Å². The fourth-order valence-electron chi connectivity index (χ4n) is 3.61. The van der Waals surface area contributed by atoms with Crippen molar-refractivity contribution >= 4 is 21.4 Å². The van der Waals surface area contributed by atoms with E-state index < -0.39 is 15.7 Å². The lowest BCUT2D eigenvalue weighted by Crippen LogP contribution is -2.38. The summed E-state index contributed by atoms with van der Waals surface area (Å²) < 4.78 is 25.6. The fraction of sp³-hybridized carbons (Fsp3) is 0.500. The van der Waals surface area contributed by atoms with Crippen LogP contribution in [-0.4, -0.2) is 35.2 Å². The van der Waals surface area contributed by atoms with Gasteiger partial charge in [0.05, 0.1) is 17.2 Å². The lowest BCUT2D eigenvalue weighted by atomic mass is 9.76. The first kappa shape index (κ1) is 16.0. The quantitative estimate of drug-likeness (QED) is 0.921. The Morgan fingerprint density at radius 1 is 1.35 bits per heavy atom. The Morgan fingerprint density at radius 2 is 2.00 bits per heavy atom. The Labute approximate surface area is 135 Å². The predicted octanol–water partition coefficient (Wildman–Crippen LogP) is 1.60. The van der Waals surface area contributed by atoms with Crippen LogP contribution in [0.5, 0.6) is 0 Å². The molecule has 2 aromatic rings. The standard InChI is InChI=1S/C16H21N3O3S/c1-3-16(7-9-23(21,22)10-8-16)12-5-4-6-13-18-14(15(17)20)11(2)19(12)13/h4-6H,3,7-10H2,1-2H3,(H2,17,20). The molecular formula is C16H21N3O3S. The van der Waals surface area contributed by atoms with Crippen molar-refractivity contribution in [2.75, 3.05) is 11.5 Å². The van der Waals surface area contributed by atoms with E-state index in [1.54, 1.807) is 0 Å². The molecule has 1 saturated heterocycles. The molecule has 124 valence electrons. The molecule has 0 aromatic carbocycles. The maximum atomic E-state index is 11.8. The number of carbonyl (C=O) groups is 1. The number of nitrogens with two attached hydrogens (primary N) is 1. The molecule has 1 amide bonds. The van der Waals surface area contributed by atoms with Crippen molar-refractivity contribution in [3.05, 3.63) is 35.3 Å². The van der Waals surface area contributed by atoms with Crippen molar-refractivity contribution < 1.29 is 13.2 Å². The van der Waals surface area contributed by atoms with E-state index in [0.717, 1.165) is 12.1 Å². The molecule has 1 aliphatic heterocycles. The predicted molar refractivity (Wildman–Crippen MR) is 88.3 cm³/mol. The zero-order chi connectivity index (χ0) is 16.8. The van der Waals surface area contributed by atoms with E-state index in [-0.39, 0.29) is 22.6 Å². The molecule has 2 N–H and O–H groups in total. The van der Waals surface area contributed by atoms with Crippen LogP contribution in [0, 0.1) is 6.92 Å². The van der Waals surface area contributed by atoms with Gasteiger partial charge in [-0.1, -0.05) is 13.0 Å². The van der Waals surface area contributed by atoms with E-state index in [4.69, 9.17) is 5.73 Å². The van der Waals surface area contributed by atoms with E-state index >= 15 is 0 Å². The maximum absolute atomic E-state index is 11.8. The largest absolute Gasteiger partial charge is 0.364 e. The number of nitrogens with zero attached hydrogens (tertiary/aromatic N) is 2. The number of fused-ring (bicyclic) bond motifs is 1. The Morgan fingerprint density at radius 3 is 2.57 bits per heavy atom. The average Bonchev–Trinajstić information content (AvgIpc) is 2.86. The summed E-state index contributed by atoms with van der Waals surface area (Å²) in [4.78, 5) is 15.9. The topological polar surface area (TPSA) is 94.5 Å². The molecular weight excluding hydrogens is 314 g/mol. The summed E-state index contributed by atoms with van der Waals surface area (Å²) in [6.07, 6.45) is 2.02. The molecule has 0 aliphatic carbocycles. The normalized spacial score (nSPS) is 19.7. The third kappa shape index (κ3) is 2.52. The Bertz CT molecular complexity index is 869. The first-order valence-electron chi connectivity index (χ1n) is 7.78. The molecule has 1 aliphatic rings. The molecule has 1 fully saturated rings. The number of pyridine rings is 1. The van der Waals surface area contributed by atoms with Crippen molar-refractivity contribution in [2.24, 2.45) is 5.73 Å². The van der Waals surface area contributed by atoms with E-state index in [9.17, 15) is 13.2 Å². The minimum Gasteiger partial charge on any atom is -0.364 e. The highest BCUT2D eigenvalue weighted by molar-refractivity contribution is 7.91. The second-order valence-electron chi connectivity index (χ2n) is 6.30. The summed E-state index contributed by atoms with van der Waals surface area (Å²) in [5, 5.41) is 0. The van der Waals surface area contributed by atoms with E-state index in [0.29, 0.717) is 24.2 Å². The molecule has 3 rings (SSSR count). The number of primary amides is 1. The first-order valence-corrected chi connectivity index (χ1v) is 9.60. The van der Waals surface area contributed by atoms with Crippen LogP contribution in [-0.2, 0) is 15.3 Å². The lowest BCUT2D eigenvalue weighted by Gasteiger charge is -2.37. The van der Waals surface area contributed by atoms with Gasteiger partial charge in [-0.15, -0.1) is 0 Å². The molecule has 0 spiro atoms. The van der Waals surface area contributed by atoms with E-state index in [1.807, 2.05) is 29.5 Å². The summed E-state index contributed by atoms with van der Waals surface area (Å²) >= 11 is 0. The van der Waals surface area contributed by atoms with Crippen molar-refractivity contribution in [2.45, 2.75) is 38.5 Å². The van der Waals surface area contributed by atoms with Crippen LogP contribution in [0.4, 0.5) is 0 Å². The molecule has 0 bridgehead atoms. The molecule has 0 radical (unpaired) electrons. The number of imidazole rings is 1. The van der Waals surface area contributed by atoms with Gasteiger partial charge < -0.3 is 5.73 Å². The number of sulfone groups is 1. The van der Waals surface area contributed by atoms with Gasteiger partial charge >= 0.3 is 0 Å². The molecule has 0 saturated carbocycles. The fourth-order valence-corrected chi connectivity index (χ4v) is 5.21. The van der Waals surface area contributed by atoms with Crippen LogP contribution in [0.25, 0.3) is 5.65 Å². The molecule has 0 unspecified atom stereocenters. The highest BCUT2D eigenvalue weighted by Gasteiger charge is 2.39. The van der Waals surface area contributed by atoms with Crippen LogP contribution in [0.1, 0.15) is 48.1 Å². The Balaban J connectivity index is 2.21. The number of hydrogen-bond acceptors (Lipinski definition) is 4. The van der Waals surface area contributed by atoms with Crippen LogP contribution in [0.2, 0.25) is 0 Å². The van der Waals surface area contributed by atoms with Gasteiger partial charge in [0.2, 0.25) is 0 Å². The van der Waals surface area contributed by atoms with Gasteiger partial charge in [-0.05, 0) is 38.3 Å². The van der Waals surface area contributed by atoms with Crippen molar-refractivity contribution in [3.63, 3.8) is 0 Å². The summed E-state index contributed by atoms with van der Waals surface area (Å²) in [6.45, 7) is 3.91. The van der Waals surface area contributed by atoms with Gasteiger partial charge in [-0.3, -0.25) is 9.20 Å². The molecule has 7 heteroatoms. The van der Waals surface area contributed by atoms with Gasteiger partial charge in [-0.2, -0.15) is 0 Å². The number of aryl methyl sites for hydroxylation is 1. The summed E-state index contributed by atoms with van der Waals surface area (Å²) in [6, 6.07) is 5.75. The smallest absolute Gasteiger partial charge is 0.269 e. The molecule has 0 atom stereocenters. The molecule has 3 heterocycles. The number of rotatable bonds is 3. The van der Waals surface area contributed by atoms with Gasteiger partial charge in [0, 0.05) is 11.1 Å². The number of aromatic nitrogens is 2. The molecule has 23 heavy (non-hydrogen) atoms. The third-order valence-electron chi connectivity index (χ3n) is 5.11. The average molecular weight is 335 g/mol.